The Morgan fingerprint density at radius 2 is 2.12 bits per heavy atom. The first-order chi connectivity index (χ1) is 11.1. The summed E-state index contributed by atoms with van der Waals surface area (Å²) in [5.41, 5.74) is 1.61. The molecule has 6 heteroatoms. The molecule has 1 aromatic carbocycles. The van der Waals surface area contributed by atoms with Gasteiger partial charge in [-0.15, -0.1) is 35.3 Å². The van der Waals surface area contributed by atoms with E-state index in [0.29, 0.717) is 0 Å². The Kier molecular flexibility index (Phi) is 6.62. The van der Waals surface area contributed by atoms with Crippen molar-refractivity contribution in [3.05, 3.63) is 52.0 Å². The number of aryl methyl sites for hydroxylation is 1. The van der Waals surface area contributed by atoms with Gasteiger partial charge in [0.25, 0.3) is 0 Å². The molecule has 1 unspecified atom stereocenters. The largest absolute Gasteiger partial charge is 0.351 e. The maximum Gasteiger partial charge on any atom is 0.193 e. The van der Waals surface area contributed by atoms with Gasteiger partial charge in [0.05, 0.1) is 11.6 Å². The van der Waals surface area contributed by atoms with Gasteiger partial charge in [-0.1, -0.05) is 37.3 Å². The second-order valence-corrected chi connectivity index (χ2v) is 7.66. The Bertz CT molecular complexity index is 685. The van der Waals surface area contributed by atoms with E-state index in [2.05, 4.69) is 57.4 Å². The highest BCUT2D eigenvalue weighted by Gasteiger charge is 2.36. The third-order valence-corrected chi connectivity index (χ3v) is 5.46. The molecule has 1 aliphatic heterocycles. The summed E-state index contributed by atoms with van der Waals surface area (Å²) in [5.74, 6) is 0.982. The van der Waals surface area contributed by atoms with Gasteiger partial charge in [-0.3, -0.25) is 4.99 Å². The highest BCUT2D eigenvalue weighted by molar-refractivity contribution is 14.0. The van der Waals surface area contributed by atoms with Gasteiger partial charge in [0.2, 0.25) is 0 Å². The minimum absolute atomic E-state index is 0. The first-order valence-corrected chi connectivity index (χ1v) is 8.85. The van der Waals surface area contributed by atoms with Crippen molar-refractivity contribution in [3.63, 3.8) is 0 Å². The van der Waals surface area contributed by atoms with Gasteiger partial charge >= 0.3 is 0 Å². The Labute approximate surface area is 165 Å². The van der Waals surface area contributed by atoms with Crippen molar-refractivity contribution < 1.29 is 0 Å². The molecule has 1 fully saturated rings. The number of nitrogens with zero attached hydrogens (tertiary/aromatic N) is 3. The van der Waals surface area contributed by atoms with Crippen molar-refractivity contribution in [2.45, 2.75) is 32.2 Å². The molecule has 0 saturated carbocycles. The number of aliphatic imine (C=N–C) groups is 1. The van der Waals surface area contributed by atoms with Crippen LogP contribution in [0.2, 0.25) is 0 Å². The predicted octanol–water partition coefficient (Wildman–Crippen LogP) is 3.81. The van der Waals surface area contributed by atoms with Crippen molar-refractivity contribution in [2.24, 2.45) is 4.99 Å². The second kappa shape index (κ2) is 8.29. The first-order valence-electron chi connectivity index (χ1n) is 8.03. The van der Waals surface area contributed by atoms with Crippen LogP contribution < -0.4 is 5.32 Å². The van der Waals surface area contributed by atoms with Gasteiger partial charge in [-0.05, 0) is 18.9 Å². The molecule has 24 heavy (non-hydrogen) atoms. The molecule has 0 radical (unpaired) electrons. The van der Waals surface area contributed by atoms with Crippen LogP contribution in [0.15, 0.2) is 41.5 Å². The molecule has 1 saturated heterocycles. The maximum atomic E-state index is 4.47. The zero-order valence-electron chi connectivity index (χ0n) is 14.5. The fourth-order valence-corrected chi connectivity index (χ4v) is 3.94. The summed E-state index contributed by atoms with van der Waals surface area (Å²) in [6.07, 6.45) is 3.09. The number of nitrogens with one attached hydrogen (secondary N) is 1. The van der Waals surface area contributed by atoms with Crippen LogP contribution >= 0.6 is 35.3 Å². The number of rotatable bonds is 3. The van der Waals surface area contributed by atoms with E-state index < -0.39 is 0 Å². The van der Waals surface area contributed by atoms with Crippen LogP contribution in [0.1, 0.15) is 28.8 Å². The van der Waals surface area contributed by atoms with Crippen molar-refractivity contribution in [3.8, 4) is 0 Å². The number of guanidine groups is 1. The summed E-state index contributed by atoms with van der Waals surface area (Å²) >= 11 is 1.73. The minimum atomic E-state index is 0. The normalized spacial score (nSPS) is 20.8. The average molecular weight is 456 g/mol. The van der Waals surface area contributed by atoms with Crippen LogP contribution in [0, 0.1) is 6.92 Å². The summed E-state index contributed by atoms with van der Waals surface area (Å²) in [5, 5.41) is 4.58. The number of likely N-dealkylation sites (tertiary alicyclic amines) is 1. The van der Waals surface area contributed by atoms with E-state index in [9.17, 15) is 0 Å². The molecule has 2 aromatic rings. The first kappa shape index (κ1) is 19.2. The lowest BCUT2D eigenvalue weighted by Gasteiger charge is -2.27. The third kappa shape index (κ3) is 4.27. The molecular formula is C18H25IN4S. The summed E-state index contributed by atoms with van der Waals surface area (Å²) in [6, 6.07) is 10.8. The number of aromatic nitrogens is 1. The lowest BCUT2D eigenvalue weighted by atomic mass is 9.82. The Morgan fingerprint density at radius 1 is 1.38 bits per heavy atom. The third-order valence-electron chi connectivity index (χ3n) is 4.55. The van der Waals surface area contributed by atoms with Crippen LogP contribution in [0.25, 0.3) is 0 Å². The van der Waals surface area contributed by atoms with Gasteiger partial charge in [0.15, 0.2) is 5.96 Å². The molecule has 1 aromatic heterocycles. The van der Waals surface area contributed by atoms with Gasteiger partial charge < -0.3 is 10.2 Å². The van der Waals surface area contributed by atoms with Gasteiger partial charge in [0, 0.05) is 36.6 Å². The minimum Gasteiger partial charge on any atom is -0.351 e. The second-order valence-electron chi connectivity index (χ2n) is 6.34. The molecule has 0 bridgehead atoms. The summed E-state index contributed by atoms with van der Waals surface area (Å²) in [4.78, 5) is 12.4. The molecule has 1 atom stereocenters. The Hall–Kier alpha value is -1.15. The fourth-order valence-electron chi connectivity index (χ4n) is 3.20. The number of hydrogen-bond donors (Lipinski definition) is 1. The monoisotopic (exact) mass is 456 g/mol. The van der Waals surface area contributed by atoms with Crippen molar-refractivity contribution in [2.75, 3.05) is 20.1 Å². The van der Waals surface area contributed by atoms with E-state index >= 15 is 0 Å². The standard InChI is InChI=1S/C18H24N4S.HI/c1-14-20-11-16(23-14)12-21-17(19-3)22-10-9-18(2,13-22)15-7-5-4-6-8-15;/h4-8,11H,9-10,12-13H2,1-3H3,(H,19,21);1H. The van der Waals surface area contributed by atoms with Crippen molar-refractivity contribution in [1.29, 1.82) is 0 Å². The van der Waals surface area contributed by atoms with Crippen molar-refractivity contribution in [1.82, 2.24) is 15.2 Å². The van der Waals surface area contributed by atoms with E-state index in [1.807, 2.05) is 20.2 Å². The quantitative estimate of drug-likeness (QED) is 0.434. The zero-order valence-corrected chi connectivity index (χ0v) is 17.6. The molecule has 3 rings (SSSR count). The topological polar surface area (TPSA) is 40.5 Å². The van der Waals surface area contributed by atoms with E-state index in [4.69, 9.17) is 0 Å². The highest BCUT2D eigenvalue weighted by atomic mass is 127. The fraction of sp³-hybridized carbons (Fsp3) is 0.444. The molecule has 130 valence electrons. The van der Waals surface area contributed by atoms with Crippen LogP contribution in [0.5, 0.6) is 0 Å². The lowest BCUT2D eigenvalue weighted by molar-refractivity contribution is 0.438. The highest BCUT2D eigenvalue weighted by Crippen LogP contribution is 2.33. The maximum absolute atomic E-state index is 4.47. The average Bonchev–Trinajstić information content (AvgIpc) is 3.16. The zero-order chi connectivity index (χ0) is 16.3. The molecule has 1 aliphatic rings. The summed E-state index contributed by atoms with van der Waals surface area (Å²) in [7, 11) is 1.86. The van der Waals surface area contributed by atoms with Crippen molar-refractivity contribution >= 4 is 41.3 Å². The lowest BCUT2D eigenvalue weighted by Crippen LogP contribution is -2.41. The van der Waals surface area contributed by atoms with E-state index in [-0.39, 0.29) is 29.4 Å². The van der Waals surface area contributed by atoms with Crippen LogP contribution in [-0.4, -0.2) is 36.0 Å². The molecule has 0 amide bonds. The molecule has 0 aliphatic carbocycles. The van der Waals surface area contributed by atoms with Gasteiger partial charge in [-0.25, -0.2) is 4.98 Å². The molecule has 2 heterocycles. The van der Waals surface area contributed by atoms with E-state index in [0.717, 1.165) is 37.0 Å². The molecular weight excluding hydrogens is 431 g/mol. The van der Waals surface area contributed by atoms with Crippen LogP contribution in [0.4, 0.5) is 0 Å². The summed E-state index contributed by atoms with van der Waals surface area (Å²) < 4.78 is 0. The Morgan fingerprint density at radius 3 is 2.75 bits per heavy atom. The number of benzene rings is 1. The summed E-state index contributed by atoms with van der Waals surface area (Å²) in [6.45, 7) is 7.21. The SMILES string of the molecule is CN=C(NCc1cnc(C)s1)N1CCC(C)(c2ccccc2)C1.I. The van der Waals surface area contributed by atoms with E-state index in [1.165, 1.54) is 10.4 Å². The Balaban J connectivity index is 0.00000208. The number of halogens is 1. The van der Waals surface area contributed by atoms with Crippen LogP contribution in [0.3, 0.4) is 0 Å². The van der Waals surface area contributed by atoms with Crippen LogP contribution in [-0.2, 0) is 12.0 Å². The molecule has 1 N–H and O–H groups in total. The van der Waals surface area contributed by atoms with E-state index in [1.54, 1.807) is 11.3 Å². The smallest absolute Gasteiger partial charge is 0.193 e. The molecule has 0 spiro atoms. The number of hydrogen-bond acceptors (Lipinski definition) is 3. The van der Waals surface area contributed by atoms with Gasteiger partial charge in [-0.2, -0.15) is 0 Å². The predicted molar refractivity (Wildman–Crippen MR) is 112 cm³/mol. The number of thiazole rings is 1. The van der Waals surface area contributed by atoms with Gasteiger partial charge in [0.1, 0.15) is 0 Å². The molecule has 4 nitrogen and oxygen atoms in total.